The molecule has 1 aliphatic heterocycles. The van der Waals surface area contributed by atoms with Crippen LogP contribution in [-0.4, -0.2) is 46.0 Å². The van der Waals surface area contributed by atoms with Gasteiger partial charge < -0.3 is 9.64 Å². The van der Waals surface area contributed by atoms with Crippen molar-refractivity contribution < 1.29 is 9.53 Å². The van der Waals surface area contributed by atoms with Crippen molar-refractivity contribution in [1.29, 1.82) is 0 Å². The maximum atomic E-state index is 12.8. The smallest absolute Gasteiger partial charge is 0.259 e. The maximum absolute atomic E-state index is 12.8. The number of carbonyl (C=O) groups is 1. The highest BCUT2D eigenvalue weighted by Crippen LogP contribution is 2.29. The molecular weight excluding hydrogens is 364 g/mol. The first-order chi connectivity index (χ1) is 13.2. The van der Waals surface area contributed by atoms with Crippen molar-refractivity contribution in [3.05, 3.63) is 59.0 Å². The summed E-state index contributed by atoms with van der Waals surface area (Å²) in [5, 5.41) is 1.54. The Morgan fingerprint density at radius 2 is 2.04 bits per heavy atom. The van der Waals surface area contributed by atoms with Crippen LogP contribution in [0, 0.1) is 0 Å². The molecule has 0 unspecified atom stereocenters. The van der Waals surface area contributed by atoms with Crippen molar-refractivity contribution in [3.63, 3.8) is 0 Å². The Hall–Kier alpha value is -2.73. The van der Waals surface area contributed by atoms with Crippen molar-refractivity contribution in [1.82, 2.24) is 19.9 Å². The molecule has 4 heterocycles. The lowest BCUT2D eigenvalue weighted by Gasteiger charge is -2.32. The molecule has 4 rings (SSSR count). The Balaban J connectivity index is 1.47. The van der Waals surface area contributed by atoms with Crippen LogP contribution in [0.25, 0.3) is 11.0 Å². The lowest BCUT2D eigenvalue weighted by Crippen LogP contribution is -2.38. The van der Waals surface area contributed by atoms with E-state index in [2.05, 4.69) is 9.97 Å². The van der Waals surface area contributed by atoms with E-state index in [-0.39, 0.29) is 5.91 Å². The van der Waals surface area contributed by atoms with Crippen LogP contribution in [0.15, 0.2) is 42.7 Å². The highest BCUT2D eigenvalue weighted by Gasteiger charge is 2.27. The van der Waals surface area contributed by atoms with Gasteiger partial charge in [-0.2, -0.15) is 0 Å². The monoisotopic (exact) mass is 382 g/mol. The van der Waals surface area contributed by atoms with Crippen LogP contribution in [0.1, 0.15) is 34.8 Å². The minimum absolute atomic E-state index is 0.0406. The number of rotatable bonds is 3. The van der Waals surface area contributed by atoms with Crippen LogP contribution >= 0.6 is 11.6 Å². The van der Waals surface area contributed by atoms with E-state index in [1.165, 1.54) is 7.11 Å². The SMILES string of the molecule is COc1ncccc1C(=O)N1CCC(c2ccc3cc(Cl)cnc3n2)CC1. The predicted molar refractivity (Wildman–Crippen MR) is 103 cm³/mol. The fraction of sp³-hybridized carbons (Fsp3) is 0.300. The first-order valence-corrected chi connectivity index (χ1v) is 9.24. The number of carbonyl (C=O) groups excluding carboxylic acids is 1. The third-order valence-electron chi connectivity index (χ3n) is 4.93. The van der Waals surface area contributed by atoms with Gasteiger partial charge in [0.15, 0.2) is 5.65 Å². The van der Waals surface area contributed by atoms with Gasteiger partial charge in [-0.05, 0) is 43.2 Å². The molecule has 0 atom stereocenters. The molecule has 27 heavy (non-hydrogen) atoms. The molecule has 0 N–H and O–H groups in total. The van der Waals surface area contributed by atoms with Crippen LogP contribution in [0.3, 0.4) is 0 Å². The number of hydrogen-bond donors (Lipinski definition) is 0. The first kappa shape index (κ1) is 17.7. The van der Waals surface area contributed by atoms with E-state index in [0.717, 1.165) is 23.9 Å². The van der Waals surface area contributed by atoms with Gasteiger partial charge in [0.25, 0.3) is 5.91 Å². The number of piperidine rings is 1. The summed E-state index contributed by atoms with van der Waals surface area (Å²) in [6.45, 7) is 1.35. The van der Waals surface area contributed by atoms with Gasteiger partial charge in [-0.15, -0.1) is 0 Å². The number of amides is 1. The molecule has 1 aliphatic rings. The molecule has 0 saturated carbocycles. The van der Waals surface area contributed by atoms with Crippen molar-refractivity contribution in [2.75, 3.05) is 20.2 Å². The van der Waals surface area contributed by atoms with Gasteiger partial charge in [0.05, 0.1) is 12.1 Å². The van der Waals surface area contributed by atoms with Gasteiger partial charge in [-0.3, -0.25) is 4.79 Å². The van der Waals surface area contributed by atoms with Gasteiger partial charge in [0.2, 0.25) is 5.88 Å². The summed E-state index contributed by atoms with van der Waals surface area (Å²) in [6.07, 6.45) is 4.96. The van der Waals surface area contributed by atoms with E-state index >= 15 is 0 Å². The van der Waals surface area contributed by atoms with Gasteiger partial charge in [-0.1, -0.05) is 11.6 Å². The fourth-order valence-electron chi connectivity index (χ4n) is 3.49. The summed E-state index contributed by atoms with van der Waals surface area (Å²) in [4.78, 5) is 27.8. The molecule has 1 amide bonds. The normalized spacial score (nSPS) is 15.1. The average molecular weight is 383 g/mol. The Morgan fingerprint density at radius 1 is 1.22 bits per heavy atom. The Morgan fingerprint density at radius 3 is 2.81 bits per heavy atom. The second-order valence-corrected chi connectivity index (χ2v) is 7.00. The quantitative estimate of drug-likeness (QED) is 0.690. The molecule has 7 heteroatoms. The van der Waals surface area contributed by atoms with Crippen molar-refractivity contribution in [3.8, 4) is 5.88 Å². The number of nitrogens with zero attached hydrogens (tertiary/aromatic N) is 4. The summed E-state index contributed by atoms with van der Waals surface area (Å²) in [6, 6.07) is 9.41. The molecule has 0 aromatic carbocycles. The van der Waals surface area contributed by atoms with Crippen LogP contribution < -0.4 is 4.74 Å². The number of fused-ring (bicyclic) bond motifs is 1. The van der Waals surface area contributed by atoms with Crippen LogP contribution in [0.4, 0.5) is 0 Å². The zero-order chi connectivity index (χ0) is 18.8. The second-order valence-electron chi connectivity index (χ2n) is 6.56. The molecule has 6 nitrogen and oxygen atoms in total. The molecule has 0 bridgehead atoms. The van der Waals surface area contributed by atoms with Crippen molar-refractivity contribution in [2.45, 2.75) is 18.8 Å². The lowest BCUT2D eigenvalue weighted by molar-refractivity contribution is 0.0708. The fourth-order valence-corrected chi connectivity index (χ4v) is 3.66. The van der Waals surface area contributed by atoms with Crippen LogP contribution in [0.2, 0.25) is 5.02 Å². The van der Waals surface area contributed by atoms with Gasteiger partial charge in [-0.25, -0.2) is 15.0 Å². The highest BCUT2D eigenvalue weighted by molar-refractivity contribution is 6.31. The van der Waals surface area contributed by atoms with E-state index < -0.39 is 0 Å². The molecule has 3 aromatic heterocycles. The van der Waals surface area contributed by atoms with Crippen molar-refractivity contribution >= 4 is 28.5 Å². The summed E-state index contributed by atoms with van der Waals surface area (Å²) < 4.78 is 5.21. The molecule has 1 fully saturated rings. The Bertz CT molecular complexity index is 987. The largest absolute Gasteiger partial charge is 0.480 e. The zero-order valence-electron chi connectivity index (χ0n) is 14.9. The standard InChI is InChI=1S/C20H19ClN4O2/c1-27-19-16(3-2-8-22-19)20(26)25-9-6-13(7-10-25)17-5-4-14-11-15(21)12-23-18(14)24-17/h2-5,8,11-13H,6-7,9-10H2,1H3. The van der Waals surface area contributed by atoms with Gasteiger partial charge >= 0.3 is 0 Å². The van der Waals surface area contributed by atoms with E-state index in [1.54, 1.807) is 24.5 Å². The van der Waals surface area contributed by atoms with Gasteiger partial charge in [0.1, 0.15) is 5.56 Å². The van der Waals surface area contributed by atoms with E-state index in [9.17, 15) is 4.79 Å². The third-order valence-corrected chi connectivity index (χ3v) is 5.13. The number of pyridine rings is 3. The predicted octanol–water partition coefficient (Wildman–Crippen LogP) is 3.71. The number of ether oxygens (including phenoxy) is 1. The number of likely N-dealkylation sites (tertiary alicyclic amines) is 1. The zero-order valence-corrected chi connectivity index (χ0v) is 15.7. The lowest BCUT2D eigenvalue weighted by atomic mass is 9.92. The summed E-state index contributed by atoms with van der Waals surface area (Å²) in [7, 11) is 1.53. The number of aromatic nitrogens is 3. The number of methoxy groups -OCH3 is 1. The summed E-state index contributed by atoms with van der Waals surface area (Å²) in [5.74, 6) is 0.637. The van der Waals surface area contributed by atoms with E-state index in [1.807, 2.05) is 23.1 Å². The number of hydrogen-bond acceptors (Lipinski definition) is 5. The van der Waals surface area contributed by atoms with Crippen LogP contribution in [-0.2, 0) is 0 Å². The van der Waals surface area contributed by atoms with E-state index in [0.29, 0.717) is 41.1 Å². The minimum atomic E-state index is -0.0406. The molecule has 0 spiro atoms. The van der Waals surface area contributed by atoms with E-state index in [4.69, 9.17) is 21.3 Å². The first-order valence-electron chi connectivity index (χ1n) is 8.86. The molecular formula is C20H19ClN4O2. The molecule has 0 aliphatic carbocycles. The molecule has 3 aromatic rings. The molecule has 1 saturated heterocycles. The molecule has 138 valence electrons. The Kier molecular flexibility index (Phi) is 4.90. The number of halogens is 1. The Labute approximate surface area is 162 Å². The second kappa shape index (κ2) is 7.48. The topological polar surface area (TPSA) is 68.2 Å². The summed E-state index contributed by atoms with van der Waals surface area (Å²) in [5.41, 5.74) is 2.22. The third kappa shape index (κ3) is 3.57. The van der Waals surface area contributed by atoms with Gasteiger partial charge in [0, 0.05) is 42.5 Å². The van der Waals surface area contributed by atoms with Crippen LogP contribution in [0.5, 0.6) is 5.88 Å². The average Bonchev–Trinajstić information content (AvgIpc) is 2.73. The highest BCUT2D eigenvalue weighted by atomic mass is 35.5. The molecule has 0 radical (unpaired) electrons. The maximum Gasteiger partial charge on any atom is 0.259 e. The summed E-state index contributed by atoms with van der Waals surface area (Å²) >= 11 is 5.98. The van der Waals surface area contributed by atoms with Crippen molar-refractivity contribution in [2.24, 2.45) is 0 Å². The minimum Gasteiger partial charge on any atom is -0.480 e.